The molecule has 12 aromatic rings. The van der Waals surface area contributed by atoms with Gasteiger partial charge < -0.3 is 13.4 Å². The number of nitrogens with zero attached hydrogens (tertiary/aromatic N) is 1. The third-order valence-electron chi connectivity index (χ3n) is 13.2. The Morgan fingerprint density at radius 1 is 0.367 bits per heavy atom. The largest absolute Gasteiger partial charge is 0.456 e. The first-order valence-corrected chi connectivity index (χ1v) is 20.7. The van der Waals surface area contributed by atoms with E-state index in [4.69, 9.17) is 8.83 Å². The highest BCUT2D eigenvalue weighted by molar-refractivity contribution is 6.16. The van der Waals surface area contributed by atoms with Crippen molar-refractivity contribution in [2.45, 2.75) is 19.3 Å². The van der Waals surface area contributed by atoms with Crippen LogP contribution in [0.25, 0.3) is 116 Å². The first-order valence-electron chi connectivity index (χ1n) is 20.7. The fraction of sp³-hybridized carbons (Fsp3) is 0.0526. The van der Waals surface area contributed by atoms with Gasteiger partial charge in [0.05, 0.1) is 16.7 Å². The van der Waals surface area contributed by atoms with Crippen LogP contribution in [0.2, 0.25) is 0 Å². The van der Waals surface area contributed by atoms with E-state index in [1.807, 2.05) is 12.1 Å². The van der Waals surface area contributed by atoms with Crippen LogP contribution in [0.5, 0.6) is 0 Å². The Hall–Kier alpha value is -7.62. The van der Waals surface area contributed by atoms with E-state index >= 15 is 0 Å². The van der Waals surface area contributed by atoms with Crippen LogP contribution in [0, 0.1) is 0 Å². The van der Waals surface area contributed by atoms with E-state index in [9.17, 15) is 0 Å². The average Bonchev–Trinajstić information content (AvgIpc) is 4.02. The van der Waals surface area contributed by atoms with Crippen molar-refractivity contribution in [3.63, 3.8) is 0 Å². The molecule has 3 nitrogen and oxygen atoms in total. The van der Waals surface area contributed by atoms with E-state index < -0.39 is 0 Å². The van der Waals surface area contributed by atoms with Crippen LogP contribution in [0.3, 0.4) is 0 Å². The van der Waals surface area contributed by atoms with Gasteiger partial charge in [-0.1, -0.05) is 141 Å². The number of hydrogen-bond donors (Lipinski definition) is 0. The van der Waals surface area contributed by atoms with Crippen LogP contribution in [0.15, 0.2) is 197 Å². The third-order valence-corrected chi connectivity index (χ3v) is 13.2. The highest BCUT2D eigenvalue weighted by Crippen LogP contribution is 2.54. The van der Waals surface area contributed by atoms with Crippen molar-refractivity contribution in [1.29, 1.82) is 0 Å². The highest BCUT2D eigenvalue weighted by atomic mass is 16.3. The second kappa shape index (κ2) is 12.2. The quantitative estimate of drug-likeness (QED) is 0.179. The minimum atomic E-state index is -0.180. The summed E-state index contributed by atoms with van der Waals surface area (Å²) < 4.78 is 15.4. The Morgan fingerprint density at radius 2 is 1.00 bits per heavy atom. The number of furan rings is 2. The molecule has 0 spiro atoms. The summed E-state index contributed by atoms with van der Waals surface area (Å²) in [7, 11) is 0. The predicted molar refractivity (Wildman–Crippen MR) is 249 cm³/mol. The van der Waals surface area contributed by atoms with E-state index in [1.165, 1.54) is 60.8 Å². The summed E-state index contributed by atoms with van der Waals surface area (Å²) in [6.45, 7) is 4.74. The number of para-hydroxylation sites is 3. The molecule has 13 rings (SSSR count). The van der Waals surface area contributed by atoms with Crippen molar-refractivity contribution in [3.05, 3.63) is 199 Å². The average molecular weight is 768 g/mol. The first kappa shape index (κ1) is 33.4. The van der Waals surface area contributed by atoms with Gasteiger partial charge in [0.2, 0.25) is 0 Å². The zero-order valence-electron chi connectivity index (χ0n) is 33.2. The van der Waals surface area contributed by atoms with E-state index in [2.05, 4.69) is 194 Å². The lowest BCUT2D eigenvalue weighted by Crippen LogP contribution is -2.15. The number of benzene rings is 9. The summed E-state index contributed by atoms with van der Waals surface area (Å²) in [6.07, 6.45) is 0. The van der Waals surface area contributed by atoms with Gasteiger partial charge in [0.15, 0.2) is 0 Å². The molecular weight excluding hydrogens is 731 g/mol. The topological polar surface area (TPSA) is 31.2 Å². The Balaban J connectivity index is 1.04. The predicted octanol–water partition coefficient (Wildman–Crippen LogP) is 15.9. The van der Waals surface area contributed by atoms with Gasteiger partial charge >= 0.3 is 0 Å². The number of hydrogen-bond acceptors (Lipinski definition) is 2. The maximum atomic E-state index is 6.79. The smallest absolute Gasteiger partial charge is 0.138 e. The van der Waals surface area contributed by atoms with E-state index in [-0.39, 0.29) is 5.41 Å². The lowest BCUT2D eigenvalue weighted by Gasteiger charge is -2.22. The molecule has 0 fully saturated rings. The molecule has 0 saturated heterocycles. The molecule has 3 heterocycles. The van der Waals surface area contributed by atoms with Crippen LogP contribution in [0.4, 0.5) is 0 Å². The zero-order valence-corrected chi connectivity index (χ0v) is 33.2. The Labute approximate surface area is 346 Å². The SMILES string of the molecule is CC1(C)c2cc(-c3ccccc3)ccc2-c2c(-c3cc(-n4c5ccccc5c5cc(-c6ccc7oc8ccccc8c7c6)ccc54)cc4oc5ccccc5c34)cccc21. The van der Waals surface area contributed by atoms with Crippen molar-refractivity contribution in [2.75, 3.05) is 0 Å². The van der Waals surface area contributed by atoms with Crippen LogP contribution >= 0.6 is 0 Å². The second-order valence-corrected chi connectivity index (χ2v) is 16.8. The highest BCUT2D eigenvalue weighted by Gasteiger charge is 2.37. The maximum Gasteiger partial charge on any atom is 0.138 e. The lowest BCUT2D eigenvalue weighted by molar-refractivity contribution is 0.660. The molecule has 1 aliphatic rings. The monoisotopic (exact) mass is 767 g/mol. The summed E-state index contributed by atoms with van der Waals surface area (Å²) >= 11 is 0. The molecule has 3 aromatic heterocycles. The van der Waals surface area contributed by atoms with E-state index in [0.29, 0.717) is 0 Å². The fourth-order valence-electron chi connectivity index (χ4n) is 10.3. The number of rotatable bonds is 4. The molecule has 9 aromatic carbocycles. The van der Waals surface area contributed by atoms with Crippen LogP contribution in [-0.2, 0) is 5.41 Å². The maximum absolute atomic E-state index is 6.79. The van der Waals surface area contributed by atoms with Crippen molar-refractivity contribution in [3.8, 4) is 50.2 Å². The molecule has 0 radical (unpaired) electrons. The molecule has 0 N–H and O–H groups in total. The standard InChI is InChI=1S/C57H37NO2/c1-57(2)47-19-12-18-41(55(47)42-26-23-37(31-48(42)57)34-13-4-3-5-14-34)46-32-38(33-54-56(46)43-17-8-11-22-52(43)60-54)58-49-20-9-6-15-39(49)44-29-35(24-27-50(44)58)36-25-28-53-45(30-36)40-16-7-10-21-51(40)59-53/h3-33H,1-2H3. The molecule has 0 unspecified atom stereocenters. The number of fused-ring (bicyclic) bond motifs is 12. The lowest BCUT2D eigenvalue weighted by atomic mass is 9.81. The minimum absolute atomic E-state index is 0.180. The van der Waals surface area contributed by atoms with Gasteiger partial charge in [-0.25, -0.2) is 0 Å². The van der Waals surface area contributed by atoms with Gasteiger partial charge in [-0.15, -0.1) is 0 Å². The van der Waals surface area contributed by atoms with Crippen molar-refractivity contribution < 1.29 is 8.83 Å². The summed E-state index contributed by atoms with van der Waals surface area (Å²) in [4.78, 5) is 0. The second-order valence-electron chi connectivity index (χ2n) is 16.8. The van der Waals surface area contributed by atoms with Crippen molar-refractivity contribution in [1.82, 2.24) is 4.57 Å². The van der Waals surface area contributed by atoms with Gasteiger partial charge in [0.1, 0.15) is 22.3 Å². The molecule has 0 atom stereocenters. The Kier molecular flexibility index (Phi) is 6.78. The summed E-state index contributed by atoms with van der Waals surface area (Å²) in [6, 6.07) is 68.2. The van der Waals surface area contributed by atoms with Crippen LogP contribution in [-0.4, -0.2) is 4.57 Å². The van der Waals surface area contributed by atoms with Gasteiger partial charge in [0, 0.05) is 43.8 Å². The fourth-order valence-corrected chi connectivity index (χ4v) is 10.3. The zero-order chi connectivity index (χ0) is 39.7. The molecular formula is C57H37NO2. The van der Waals surface area contributed by atoms with Gasteiger partial charge in [-0.2, -0.15) is 0 Å². The molecule has 3 heteroatoms. The van der Waals surface area contributed by atoms with E-state index in [0.717, 1.165) is 66.2 Å². The Bertz CT molecular complexity index is 3740. The molecule has 0 bridgehead atoms. The van der Waals surface area contributed by atoms with Crippen molar-refractivity contribution in [2.24, 2.45) is 0 Å². The molecule has 0 amide bonds. The number of aromatic nitrogens is 1. The van der Waals surface area contributed by atoms with Crippen LogP contribution < -0.4 is 0 Å². The van der Waals surface area contributed by atoms with Gasteiger partial charge in [-0.3, -0.25) is 0 Å². The van der Waals surface area contributed by atoms with Crippen LogP contribution in [0.1, 0.15) is 25.0 Å². The molecule has 0 saturated carbocycles. The molecule has 0 aliphatic heterocycles. The molecule has 1 aliphatic carbocycles. The summed E-state index contributed by atoms with van der Waals surface area (Å²) in [5.41, 5.74) is 19.3. The normalized spacial score (nSPS) is 13.3. The van der Waals surface area contributed by atoms with Gasteiger partial charge in [-0.05, 0) is 110 Å². The summed E-state index contributed by atoms with van der Waals surface area (Å²) in [5, 5.41) is 6.94. The van der Waals surface area contributed by atoms with E-state index in [1.54, 1.807) is 0 Å². The van der Waals surface area contributed by atoms with Crippen molar-refractivity contribution >= 4 is 65.7 Å². The summed E-state index contributed by atoms with van der Waals surface area (Å²) in [5.74, 6) is 0. The Morgan fingerprint density at radius 3 is 1.85 bits per heavy atom. The minimum Gasteiger partial charge on any atom is -0.456 e. The molecule has 282 valence electrons. The third kappa shape index (κ3) is 4.66. The van der Waals surface area contributed by atoms with Gasteiger partial charge in [0.25, 0.3) is 0 Å². The molecule has 60 heavy (non-hydrogen) atoms. The first-order chi connectivity index (χ1) is 29.5.